The Kier molecular flexibility index (Phi) is 5.40. The van der Waals surface area contributed by atoms with Crippen LogP contribution in [0.25, 0.3) is 0 Å². The average Bonchev–Trinajstić information content (AvgIpc) is 2.74. The third kappa shape index (κ3) is 3.51. The molecule has 0 spiro atoms. The molecule has 2 heterocycles. The number of oxime groups is 1. The normalized spacial score (nSPS) is 29.2. The van der Waals surface area contributed by atoms with E-state index in [4.69, 9.17) is 5.21 Å². The fourth-order valence-electron chi connectivity index (χ4n) is 3.26. The topological polar surface area (TPSA) is 56.1 Å². The van der Waals surface area contributed by atoms with E-state index in [1.165, 1.54) is 12.8 Å². The molecule has 0 saturated carbocycles. The number of hydrogen-bond donors (Lipinski definition) is 1. The van der Waals surface area contributed by atoms with E-state index < -0.39 is 0 Å². The fourth-order valence-corrected chi connectivity index (χ4v) is 3.26. The zero-order valence-electron chi connectivity index (χ0n) is 12.7. The maximum atomic E-state index is 12.6. The van der Waals surface area contributed by atoms with Crippen molar-refractivity contribution in [2.24, 2.45) is 11.1 Å². The summed E-state index contributed by atoms with van der Waals surface area (Å²) in [6.45, 7) is 7.52. The highest BCUT2D eigenvalue weighted by Gasteiger charge is 2.31. The van der Waals surface area contributed by atoms with Gasteiger partial charge in [-0.15, -0.1) is 0 Å². The van der Waals surface area contributed by atoms with Crippen LogP contribution < -0.4 is 0 Å². The maximum absolute atomic E-state index is 12.6. The van der Waals surface area contributed by atoms with Gasteiger partial charge in [0.15, 0.2) is 0 Å². The van der Waals surface area contributed by atoms with Crippen LogP contribution in [0.1, 0.15) is 46.0 Å². The van der Waals surface area contributed by atoms with Gasteiger partial charge in [0.05, 0.1) is 11.8 Å². The molecule has 0 bridgehead atoms. The second-order valence-corrected chi connectivity index (χ2v) is 6.15. The molecule has 1 N–H and O–H groups in total. The molecule has 2 aliphatic heterocycles. The van der Waals surface area contributed by atoms with Crippen LogP contribution in [0.2, 0.25) is 0 Å². The molecule has 1 amide bonds. The Morgan fingerprint density at radius 2 is 1.90 bits per heavy atom. The van der Waals surface area contributed by atoms with Gasteiger partial charge in [-0.05, 0) is 19.8 Å². The number of piperidine rings is 1. The van der Waals surface area contributed by atoms with E-state index in [2.05, 4.69) is 17.0 Å². The summed E-state index contributed by atoms with van der Waals surface area (Å²) >= 11 is 0. The smallest absolute Gasteiger partial charge is 0.239 e. The molecule has 0 aromatic heterocycles. The highest BCUT2D eigenvalue weighted by atomic mass is 16.4. The van der Waals surface area contributed by atoms with Crippen LogP contribution in [0.15, 0.2) is 5.16 Å². The molecular formula is C15H27N3O2. The summed E-state index contributed by atoms with van der Waals surface area (Å²) < 4.78 is 0. The first-order valence-electron chi connectivity index (χ1n) is 7.87. The minimum Gasteiger partial charge on any atom is -0.411 e. The number of rotatable bonds is 2. The van der Waals surface area contributed by atoms with E-state index in [-0.39, 0.29) is 17.9 Å². The first-order valence-corrected chi connectivity index (χ1v) is 7.87. The summed E-state index contributed by atoms with van der Waals surface area (Å²) in [6.07, 6.45) is 5.52. The molecule has 2 rings (SSSR count). The Balaban J connectivity index is 1.93. The first kappa shape index (κ1) is 15.3. The van der Waals surface area contributed by atoms with Gasteiger partial charge >= 0.3 is 0 Å². The van der Waals surface area contributed by atoms with Crippen molar-refractivity contribution in [3.63, 3.8) is 0 Å². The SMILES string of the molecule is CC1CN(C(C)C(=O)N2CCCCCC2)CCC1=NO. The lowest BCUT2D eigenvalue weighted by Gasteiger charge is -2.37. The van der Waals surface area contributed by atoms with Crippen molar-refractivity contribution in [1.82, 2.24) is 9.80 Å². The van der Waals surface area contributed by atoms with Crippen LogP contribution in [0, 0.1) is 5.92 Å². The van der Waals surface area contributed by atoms with Crippen LogP contribution >= 0.6 is 0 Å². The van der Waals surface area contributed by atoms with Gasteiger partial charge < -0.3 is 10.1 Å². The highest BCUT2D eigenvalue weighted by Crippen LogP contribution is 2.18. The maximum Gasteiger partial charge on any atom is 0.239 e. The number of nitrogens with zero attached hydrogens (tertiary/aromatic N) is 3. The molecule has 2 saturated heterocycles. The fraction of sp³-hybridized carbons (Fsp3) is 0.867. The van der Waals surface area contributed by atoms with E-state index in [9.17, 15) is 4.79 Å². The zero-order chi connectivity index (χ0) is 14.5. The summed E-state index contributed by atoms with van der Waals surface area (Å²) in [5, 5.41) is 12.3. The molecule has 5 heteroatoms. The molecular weight excluding hydrogens is 254 g/mol. The van der Waals surface area contributed by atoms with Crippen LogP contribution in [-0.2, 0) is 4.79 Å². The van der Waals surface area contributed by atoms with E-state index in [0.29, 0.717) is 0 Å². The van der Waals surface area contributed by atoms with Crippen LogP contribution in [-0.4, -0.2) is 58.8 Å². The molecule has 2 fully saturated rings. The lowest BCUT2D eigenvalue weighted by atomic mass is 9.96. The minimum atomic E-state index is -0.0595. The summed E-state index contributed by atoms with van der Waals surface area (Å²) in [5.74, 6) is 0.497. The van der Waals surface area contributed by atoms with Gasteiger partial charge in [0, 0.05) is 38.5 Å². The number of amides is 1. The second kappa shape index (κ2) is 7.07. The molecule has 0 aliphatic carbocycles. The minimum absolute atomic E-state index is 0.0595. The van der Waals surface area contributed by atoms with E-state index >= 15 is 0 Å². The van der Waals surface area contributed by atoms with Crippen LogP contribution in [0.3, 0.4) is 0 Å². The third-order valence-electron chi connectivity index (χ3n) is 4.68. The highest BCUT2D eigenvalue weighted by molar-refractivity contribution is 5.87. The summed E-state index contributed by atoms with van der Waals surface area (Å²) in [7, 11) is 0. The monoisotopic (exact) mass is 281 g/mol. The number of likely N-dealkylation sites (tertiary alicyclic amines) is 2. The predicted molar refractivity (Wildman–Crippen MR) is 79.1 cm³/mol. The Hall–Kier alpha value is -1.10. The quantitative estimate of drug-likeness (QED) is 0.622. The largest absolute Gasteiger partial charge is 0.411 e. The molecule has 0 radical (unpaired) electrons. The van der Waals surface area contributed by atoms with Crippen molar-refractivity contribution < 1.29 is 10.0 Å². The van der Waals surface area contributed by atoms with Crippen molar-refractivity contribution in [2.75, 3.05) is 26.2 Å². The number of carbonyl (C=O) groups is 1. The van der Waals surface area contributed by atoms with Crippen LogP contribution in [0.5, 0.6) is 0 Å². The molecule has 2 atom stereocenters. The van der Waals surface area contributed by atoms with Crippen molar-refractivity contribution >= 4 is 11.6 Å². The van der Waals surface area contributed by atoms with Gasteiger partial charge in [-0.1, -0.05) is 24.9 Å². The summed E-state index contributed by atoms with van der Waals surface area (Å²) in [4.78, 5) is 16.9. The van der Waals surface area contributed by atoms with E-state index in [0.717, 1.165) is 51.2 Å². The van der Waals surface area contributed by atoms with Gasteiger partial charge in [0.1, 0.15) is 0 Å². The lowest BCUT2D eigenvalue weighted by molar-refractivity contribution is -0.136. The number of hydrogen-bond acceptors (Lipinski definition) is 4. The predicted octanol–water partition coefficient (Wildman–Crippen LogP) is 1.95. The van der Waals surface area contributed by atoms with Gasteiger partial charge in [-0.25, -0.2) is 0 Å². The average molecular weight is 281 g/mol. The Bertz CT molecular complexity index is 362. The van der Waals surface area contributed by atoms with Crippen LogP contribution in [0.4, 0.5) is 0 Å². The molecule has 114 valence electrons. The Morgan fingerprint density at radius 1 is 1.25 bits per heavy atom. The van der Waals surface area contributed by atoms with Gasteiger partial charge in [0.25, 0.3) is 0 Å². The lowest BCUT2D eigenvalue weighted by Crippen LogP contribution is -2.52. The molecule has 0 aromatic carbocycles. The van der Waals surface area contributed by atoms with Crippen molar-refractivity contribution in [3.05, 3.63) is 0 Å². The molecule has 5 nitrogen and oxygen atoms in total. The van der Waals surface area contributed by atoms with Gasteiger partial charge in [0.2, 0.25) is 5.91 Å². The zero-order valence-corrected chi connectivity index (χ0v) is 12.7. The Morgan fingerprint density at radius 3 is 2.45 bits per heavy atom. The molecule has 2 unspecified atom stereocenters. The molecule has 20 heavy (non-hydrogen) atoms. The van der Waals surface area contributed by atoms with E-state index in [1.807, 2.05) is 11.8 Å². The summed E-state index contributed by atoms with van der Waals surface area (Å²) in [5.41, 5.74) is 0.857. The second-order valence-electron chi connectivity index (χ2n) is 6.15. The van der Waals surface area contributed by atoms with E-state index in [1.54, 1.807) is 0 Å². The number of carbonyl (C=O) groups excluding carboxylic acids is 1. The van der Waals surface area contributed by atoms with Crippen molar-refractivity contribution in [2.45, 2.75) is 52.0 Å². The summed E-state index contributed by atoms with van der Waals surface area (Å²) in [6, 6.07) is -0.0595. The first-order chi connectivity index (χ1) is 9.63. The van der Waals surface area contributed by atoms with Crippen molar-refractivity contribution in [3.8, 4) is 0 Å². The van der Waals surface area contributed by atoms with Gasteiger partial charge in [-0.3, -0.25) is 9.69 Å². The third-order valence-corrected chi connectivity index (χ3v) is 4.68. The molecule has 0 aromatic rings. The molecule has 2 aliphatic rings. The standard InChI is InChI=1S/C15H27N3O2/c1-12-11-18(10-7-14(12)16-20)13(2)15(19)17-8-5-3-4-6-9-17/h12-13,20H,3-11H2,1-2H3. The van der Waals surface area contributed by atoms with Crippen molar-refractivity contribution in [1.29, 1.82) is 0 Å². The van der Waals surface area contributed by atoms with Gasteiger partial charge in [-0.2, -0.15) is 0 Å². The Labute approximate surface area is 121 Å².